The zero-order valence-electron chi connectivity index (χ0n) is 20.1. The van der Waals surface area contributed by atoms with E-state index >= 15 is 0 Å². The number of carboxylic acid groups (broad SMARTS) is 1. The van der Waals surface area contributed by atoms with E-state index in [-0.39, 0.29) is 0 Å². The largest absolute Gasteiger partial charge is 0.497 e. The average Bonchev–Trinajstić information content (AvgIpc) is 2.90. The summed E-state index contributed by atoms with van der Waals surface area (Å²) in [6, 6.07) is 11.5. The number of aliphatic carboxylic acids is 1. The normalized spacial score (nSPS) is 15.8. The third kappa shape index (κ3) is 6.11. The fraction of sp³-hybridized carbons (Fsp3) is 0.444. The van der Waals surface area contributed by atoms with E-state index in [1.165, 1.54) is 0 Å². The molecule has 1 N–H and O–H groups in total. The zero-order valence-corrected chi connectivity index (χ0v) is 20.9. The molecule has 4 rings (SSSR count). The highest BCUT2D eigenvalue weighted by Crippen LogP contribution is 2.38. The lowest BCUT2D eigenvalue weighted by molar-refractivity contribution is -0.152. The summed E-state index contributed by atoms with van der Waals surface area (Å²) in [4.78, 5) is 23.4. The maximum Gasteiger partial charge on any atom is 0.309 e. The fourth-order valence-electron chi connectivity index (χ4n) is 4.90. The van der Waals surface area contributed by atoms with E-state index in [0.29, 0.717) is 43.4 Å². The molecule has 0 radical (unpaired) electrons. The van der Waals surface area contributed by atoms with Gasteiger partial charge in [-0.3, -0.25) is 9.78 Å². The molecule has 0 unspecified atom stereocenters. The van der Waals surface area contributed by atoms with Gasteiger partial charge in [-0.15, -0.1) is 11.8 Å². The number of aromatic nitrogens is 2. The molecule has 2 aromatic heterocycles. The Morgan fingerprint density at radius 1 is 1.23 bits per heavy atom. The highest BCUT2D eigenvalue weighted by Gasteiger charge is 2.40. The molecule has 0 saturated carbocycles. The minimum atomic E-state index is -0.721. The van der Waals surface area contributed by atoms with Crippen LogP contribution < -0.4 is 4.74 Å². The van der Waals surface area contributed by atoms with Crippen LogP contribution in [-0.4, -0.2) is 58.4 Å². The molecular weight excluding hydrogens is 465 g/mol. The summed E-state index contributed by atoms with van der Waals surface area (Å²) in [6.07, 6.45) is 6.55. The standard InChI is InChI=1S/C27H32FN3O3S/c1-34-21-7-8-24-23(17-21)22(20(18-28)19-30-24)5-4-9-27(26(32)33)10-13-31(14-11-27)15-16-35-25-6-2-3-12-29-25/h2-3,6-8,12,17,19H,4-5,9-11,13-16,18H2,1H3,(H,32,33). The van der Waals surface area contributed by atoms with E-state index in [1.54, 1.807) is 31.3 Å². The predicted molar refractivity (Wildman–Crippen MR) is 137 cm³/mol. The second kappa shape index (κ2) is 11.8. The third-order valence-electron chi connectivity index (χ3n) is 7.06. The number of thioether (sulfide) groups is 1. The molecule has 0 atom stereocenters. The summed E-state index contributed by atoms with van der Waals surface area (Å²) in [6.45, 7) is 1.88. The van der Waals surface area contributed by atoms with Gasteiger partial charge in [0.15, 0.2) is 0 Å². The number of likely N-dealkylation sites (tertiary alicyclic amines) is 1. The summed E-state index contributed by atoms with van der Waals surface area (Å²) < 4.78 is 19.1. The van der Waals surface area contributed by atoms with E-state index < -0.39 is 18.1 Å². The maximum atomic E-state index is 13.8. The van der Waals surface area contributed by atoms with Crippen molar-refractivity contribution in [2.45, 2.75) is 43.8 Å². The summed E-state index contributed by atoms with van der Waals surface area (Å²) >= 11 is 1.72. The van der Waals surface area contributed by atoms with Crippen molar-refractivity contribution in [2.75, 3.05) is 32.5 Å². The van der Waals surface area contributed by atoms with Gasteiger partial charge in [-0.25, -0.2) is 9.37 Å². The number of nitrogens with zero attached hydrogens (tertiary/aromatic N) is 3. The third-order valence-corrected chi connectivity index (χ3v) is 7.99. The van der Waals surface area contributed by atoms with Crippen LogP contribution in [0, 0.1) is 5.41 Å². The lowest BCUT2D eigenvalue weighted by Crippen LogP contribution is -2.45. The van der Waals surface area contributed by atoms with Crippen LogP contribution in [0.15, 0.2) is 53.8 Å². The van der Waals surface area contributed by atoms with Gasteiger partial charge < -0.3 is 14.7 Å². The van der Waals surface area contributed by atoms with Crippen LogP contribution in [-0.2, 0) is 17.9 Å². The second-order valence-corrected chi connectivity index (χ2v) is 10.2. The van der Waals surface area contributed by atoms with E-state index in [9.17, 15) is 14.3 Å². The lowest BCUT2D eigenvalue weighted by Gasteiger charge is -2.39. The van der Waals surface area contributed by atoms with E-state index in [4.69, 9.17) is 4.74 Å². The van der Waals surface area contributed by atoms with Gasteiger partial charge in [-0.1, -0.05) is 6.07 Å². The molecule has 0 spiro atoms. The number of hydrogen-bond donors (Lipinski definition) is 1. The Balaban J connectivity index is 1.36. The first-order valence-corrected chi connectivity index (χ1v) is 13.0. The molecule has 1 aliphatic rings. The van der Waals surface area contributed by atoms with Crippen molar-refractivity contribution in [3.63, 3.8) is 0 Å². The first-order chi connectivity index (χ1) is 17.0. The molecule has 8 heteroatoms. The smallest absolute Gasteiger partial charge is 0.309 e. The monoisotopic (exact) mass is 497 g/mol. The van der Waals surface area contributed by atoms with Gasteiger partial charge in [0, 0.05) is 35.6 Å². The number of carboxylic acids is 1. The number of carbonyl (C=O) groups is 1. The molecular formula is C27H32FN3O3S. The Morgan fingerprint density at radius 2 is 2.06 bits per heavy atom. The van der Waals surface area contributed by atoms with Crippen LogP contribution in [0.1, 0.15) is 36.8 Å². The topological polar surface area (TPSA) is 75.6 Å². The van der Waals surface area contributed by atoms with Gasteiger partial charge in [0.2, 0.25) is 0 Å². The van der Waals surface area contributed by atoms with E-state index in [1.807, 2.05) is 36.4 Å². The van der Waals surface area contributed by atoms with Crippen LogP contribution in [0.25, 0.3) is 10.9 Å². The van der Waals surface area contributed by atoms with Crippen molar-refractivity contribution in [3.8, 4) is 5.75 Å². The minimum Gasteiger partial charge on any atom is -0.497 e. The van der Waals surface area contributed by atoms with Gasteiger partial charge >= 0.3 is 5.97 Å². The van der Waals surface area contributed by atoms with E-state index in [0.717, 1.165) is 46.9 Å². The summed E-state index contributed by atoms with van der Waals surface area (Å²) in [7, 11) is 1.60. The van der Waals surface area contributed by atoms with Crippen LogP contribution in [0.4, 0.5) is 4.39 Å². The molecule has 186 valence electrons. The van der Waals surface area contributed by atoms with E-state index in [2.05, 4.69) is 14.9 Å². The summed E-state index contributed by atoms with van der Waals surface area (Å²) in [5, 5.41) is 12.0. The van der Waals surface area contributed by atoms with Crippen molar-refractivity contribution in [1.29, 1.82) is 0 Å². The SMILES string of the molecule is COc1ccc2ncc(CF)c(CCCC3(C(=O)O)CCN(CCSc4ccccn4)CC3)c2c1. The Kier molecular flexibility index (Phi) is 8.57. The quantitative estimate of drug-likeness (QED) is 0.356. The Hall–Kier alpha value is -2.71. The van der Waals surface area contributed by atoms with Gasteiger partial charge in [0.1, 0.15) is 12.4 Å². The maximum absolute atomic E-state index is 13.8. The van der Waals surface area contributed by atoms with Crippen LogP contribution >= 0.6 is 11.8 Å². The van der Waals surface area contributed by atoms with Crippen LogP contribution in [0.5, 0.6) is 5.75 Å². The highest BCUT2D eigenvalue weighted by atomic mass is 32.2. The Morgan fingerprint density at radius 3 is 2.74 bits per heavy atom. The van der Waals surface area contributed by atoms with Crippen molar-refractivity contribution in [3.05, 3.63) is 59.9 Å². The lowest BCUT2D eigenvalue weighted by atomic mass is 9.74. The number of methoxy groups -OCH3 is 1. The number of aryl methyl sites for hydroxylation is 1. The molecule has 1 aliphatic heterocycles. The summed E-state index contributed by atoms with van der Waals surface area (Å²) in [5.41, 5.74) is 1.54. The second-order valence-electron chi connectivity index (χ2n) is 9.08. The molecule has 3 heterocycles. The Bertz CT molecular complexity index is 1130. The molecule has 3 aromatic rings. The number of fused-ring (bicyclic) bond motifs is 1. The van der Waals surface area contributed by atoms with Crippen LogP contribution in [0.3, 0.4) is 0 Å². The number of piperidine rings is 1. The average molecular weight is 498 g/mol. The summed E-state index contributed by atoms with van der Waals surface area (Å²) in [5.74, 6) is 0.918. The number of pyridine rings is 2. The molecule has 6 nitrogen and oxygen atoms in total. The highest BCUT2D eigenvalue weighted by molar-refractivity contribution is 7.99. The zero-order chi connectivity index (χ0) is 24.7. The Labute approximate surface area is 209 Å². The van der Waals surface area contributed by atoms with Gasteiger partial charge in [0.05, 0.1) is 23.1 Å². The molecule has 0 amide bonds. The van der Waals surface area contributed by atoms with Crippen LogP contribution in [0.2, 0.25) is 0 Å². The van der Waals surface area contributed by atoms with Crippen molar-refractivity contribution < 1.29 is 19.0 Å². The molecule has 1 aromatic carbocycles. The number of halogens is 1. The molecule has 35 heavy (non-hydrogen) atoms. The number of benzene rings is 1. The molecule has 0 aliphatic carbocycles. The molecule has 1 saturated heterocycles. The van der Waals surface area contributed by atoms with Gasteiger partial charge in [-0.05, 0) is 81.1 Å². The first-order valence-electron chi connectivity index (χ1n) is 12.0. The molecule has 1 fully saturated rings. The number of ether oxygens (including phenoxy) is 1. The number of rotatable bonds is 11. The first kappa shape index (κ1) is 25.4. The fourth-order valence-corrected chi connectivity index (χ4v) is 5.76. The van der Waals surface area contributed by atoms with Crippen molar-refractivity contribution in [2.24, 2.45) is 5.41 Å². The van der Waals surface area contributed by atoms with Gasteiger partial charge in [-0.2, -0.15) is 0 Å². The van der Waals surface area contributed by atoms with Crippen molar-refractivity contribution >= 4 is 28.6 Å². The minimum absolute atomic E-state index is 0.565. The predicted octanol–water partition coefficient (Wildman–Crippen LogP) is 5.39. The van der Waals surface area contributed by atoms with Crippen molar-refractivity contribution in [1.82, 2.24) is 14.9 Å². The number of alkyl halides is 1. The number of hydrogen-bond acceptors (Lipinski definition) is 6. The van der Waals surface area contributed by atoms with Gasteiger partial charge in [0.25, 0.3) is 0 Å². The molecule has 0 bridgehead atoms.